The zero-order valence-corrected chi connectivity index (χ0v) is 8.95. The second kappa shape index (κ2) is 4.61. The summed E-state index contributed by atoms with van der Waals surface area (Å²) in [5.74, 6) is 1.12. The molecule has 1 fully saturated rings. The fourth-order valence-corrected chi connectivity index (χ4v) is 2.38. The Morgan fingerprint density at radius 3 is 2.67 bits per heavy atom. The smallest absolute Gasteiger partial charge is 0.340 e. The van der Waals surface area contributed by atoms with Crippen LogP contribution in [0.15, 0.2) is 4.79 Å². The van der Waals surface area contributed by atoms with Gasteiger partial charge in [-0.2, -0.15) is 5.10 Å². The number of methoxy groups -OCH3 is 1. The molecule has 0 bridgehead atoms. The summed E-state index contributed by atoms with van der Waals surface area (Å²) in [4.78, 5) is 13.6. The average molecular weight is 211 g/mol. The summed E-state index contributed by atoms with van der Waals surface area (Å²) in [6, 6.07) is 0. The molecule has 1 unspecified atom stereocenters. The van der Waals surface area contributed by atoms with Crippen molar-refractivity contribution in [3.05, 3.63) is 16.3 Å². The van der Waals surface area contributed by atoms with E-state index in [0.29, 0.717) is 11.7 Å². The lowest BCUT2D eigenvalue weighted by molar-refractivity contribution is 0.0291. The van der Waals surface area contributed by atoms with Crippen LogP contribution in [-0.2, 0) is 4.74 Å². The van der Waals surface area contributed by atoms with Crippen LogP contribution in [0.4, 0.5) is 0 Å². The van der Waals surface area contributed by atoms with Crippen LogP contribution in [0.1, 0.15) is 44.0 Å². The Hall–Kier alpha value is -1.10. The van der Waals surface area contributed by atoms with Gasteiger partial charge in [-0.1, -0.05) is 19.3 Å². The van der Waals surface area contributed by atoms with E-state index in [1.807, 2.05) is 0 Å². The van der Waals surface area contributed by atoms with Gasteiger partial charge in [0.25, 0.3) is 0 Å². The first-order valence-corrected chi connectivity index (χ1v) is 5.48. The van der Waals surface area contributed by atoms with Gasteiger partial charge in [0.1, 0.15) is 6.10 Å². The summed E-state index contributed by atoms with van der Waals surface area (Å²) in [5.41, 5.74) is -0.261. The van der Waals surface area contributed by atoms with E-state index < -0.39 is 0 Å². The van der Waals surface area contributed by atoms with Crippen molar-refractivity contribution in [1.29, 1.82) is 0 Å². The van der Waals surface area contributed by atoms with Gasteiger partial charge < -0.3 is 4.74 Å². The third-order valence-corrected chi connectivity index (χ3v) is 3.12. The van der Waals surface area contributed by atoms with Gasteiger partial charge in [0.05, 0.1) is 0 Å². The highest BCUT2D eigenvalue weighted by Crippen LogP contribution is 2.34. The molecule has 1 aromatic heterocycles. The SMILES string of the molecule is COC(c1n[nH]c(=O)[nH]1)C1CCCCC1. The quantitative estimate of drug-likeness (QED) is 0.793. The topological polar surface area (TPSA) is 70.8 Å². The molecule has 15 heavy (non-hydrogen) atoms. The number of hydrogen-bond acceptors (Lipinski definition) is 3. The van der Waals surface area contributed by atoms with Crippen molar-refractivity contribution in [2.45, 2.75) is 38.2 Å². The number of H-pyrrole nitrogens is 2. The Bertz CT molecular complexity index is 352. The van der Waals surface area contributed by atoms with Crippen LogP contribution < -0.4 is 5.69 Å². The van der Waals surface area contributed by atoms with Gasteiger partial charge in [-0.15, -0.1) is 0 Å². The summed E-state index contributed by atoms with van der Waals surface area (Å²) >= 11 is 0. The maximum absolute atomic E-state index is 11.0. The van der Waals surface area contributed by atoms with Crippen molar-refractivity contribution in [2.75, 3.05) is 7.11 Å². The van der Waals surface area contributed by atoms with Crippen LogP contribution in [0.3, 0.4) is 0 Å². The third kappa shape index (κ3) is 2.28. The van der Waals surface area contributed by atoms with Crippen LogP contribution in [0.2, 0.25) is 0 Å². The number of hydrogen-bond donors (Lipinski definition) is 2. The summed E-state index contributed by atoms with van der Waals surface area (Å²) in [6.07, 6.45) is 6.06. The predicted octanol–water partition coefficient (Wildman–Crippen LogP) is 1.37. The zero-order valence-electron chi connectivity index (χ0n) is 8.95. The van der Waals surface area contributed by atoms with E-state index in [1.165, 1.54) is 19.3 Å². The van der Waals surface area contributed by atoms with Crippen LogP contribution in [0.25, 0.3) is 0 Å². The van der Waals surface area contributed by atoms with E-state index >= 15 is 0 Å². The summed E-state index contributed by atoms with van der Waals surface area (Å²) in [7, 11) is 1.67. The standard InChI is InChI=1S/C10H17N3O2/c1-15-8(7-5-3-2-4-6-7)9-11-10(14)13-12-9/h7-8H,2-6H2,1H3,(H2,11,12,13,14). The van der Waals surface area contributed by atoms with Gasteiger partial charge in [0, 0.05) is 7.11 Å². The highest BCUT2D eigenvalue weighted by atomic mass is 16.5. The maximum atomic E-state index is 11.0. The highest BCUT2D eigenvalue weighted by molar-refractivity contribution is 4.92. The number of nitrogens with zero attached hydrogens (tertiary/aromatic N) is 1. The molecular weight excluding hydrogens is 194 g/mol. The fraction of sp³-hybridized carbons (Fsp3) is 0.800. The Balaban J connectivity index is 2.12. The van der Waals surface area contributed by atoms with Crippen molar-refractivity contribution in [2.24, 2.45) is 5.92 Å². The predicted molar refractivity (Wildman–Crippen MR) is 55.5 cm³/mol. The number of aromatic amines is 2. The molecule has 84 valence electrons. The van der Waals surface area contributed by atoms with Gasteiger partial charge in [0.2, 0.25) is 0 Å². The highest BCUT2D eigenvalue weighted by Gasteiger charge is 2.27. The van der Waals surface area contributed by atoms with Gasteiger partial charge in [-0.05, 0) is 18.8 Å². The molecule has 1 atom stereocenters. The van der Waals surface area contributed by atoms with E-state index in [-0.39, 0.29) is 11.8 Å². The third-order valence-electron chi connectivity index (χ3n) is 3.12. The van der Waals surface area contributed by atoms with Crippen molar-refractivity contribution in [3.8, 4) is 0 Å². The molecular formula is C10H17N3O2. The Morgan fingerprint density at radius 1 is 1.40 bits per heavy atom. The van der Waals surface area contributed by atoms with Crippen molar-refractivity contribution in [3.63, 3.8) is 0 Å². The second-order valence-electron chi connectivity index (χ2n) is 4.12. The minimum absolute atomic E-state index is 0.0655. The van der Waals surface area contributed by atoms with Gasteiger partial charge in [0.15, 0.2) is 5.82 Å². The number of nitrogens with one attached hydrogen (secondary N) is 2. The minimum Gasteiger partial charge on any atom is -0.373 e. The van der Waals surface area contributed by atoms with Gasteiger partial charge in [-0.3, -0.25) is 4.98 Å². The first kappa shape index (κ1) is 10.4. The van der Waals surface area contributed by atoms with Crippen LogP contribution in [0, 0.1) is 5.92 Å². The average Bonchev–Trinajstić information content (AvgIpc) is 2.68. The molecule has 0 spiro atoms. The van der Waals surface area contributed by atoms with Crippen LogP contribution >= 0.6 is 0 Å². The van der Waals surface area contributed by atoms with Crippen LogP contribution in [0.5, 0.6) is 0 Å². The molecule has 0 saturated heterocycles. The molecule has 2 N–H and O–H groups in total. The maximum Gasteiger partial charge on any atom is 0.340 e. The molecule has 0 aliphatic heterocycles. The molecule has 0 radical (unpaired) electrons. The molecule has 0 amide bonds. The molecule has 1 aliphatic carbocycles. The number of rotatable bonds is 3. The normalized spacial score (nSPS) is 20.3. The molecule has 1 aliphatic rings. The van der Waals surface area contributed by atoms with E-state index in [4.69, 9.17) is 4.74 Å². The van der Waals surface area contributed by atoms with Gasteiger partial charge >= 0.3 is 5.69 Å². The lowest BCUT2D eigenvalue weighted by Gasteiger charge is -2.27. The summed E-state index contributed by atoms with van der Waals surface area (Å²) in [6.45, 7) is 0. The Kier molecular flexibility index (Phi) is 3.20. The molecule has 2 rings (SSSR count). The molecule has 5 heteroatoms. The molecule has 1 aromatic rings. The fourth-order valence-electron chi connectivity index (χ4n) is 2.38. The Morgan fingerprint density at radius 2 is 2.13 bits per heavy atom. The summed E-state index contributed by atoms with van der Waals surface area (Å²) in [5, 5.41) is 6.33. The number of aromatic nitrogens is 3. The Labute approximate surface area is 88.2 Å². The minimum atomic E-state index is -0.261. The first-order valence-electron chi connectivity index (χ1n) is 5.48. The zero-order chi connectivity index (χ0) is 10.7. The number of ether oxygens (including phenoxy) is 1. The lowest BCUT2D eigenvalue weighted by atomic mass is 9.85. The molecule has 5 nitrogen and oxygen atoms in total. The molecule has 1 saturated carbocycles. The van der Waals surface area contributed by atoms with Crippen molar-refractivity contribution < 1.29 is 4.74 Å². The van der Waals surface area contributed by atoms with E-state index in [9.17, 15) is 4.79 Å². The first-order chi connectivity index (χ1) is 7.31. The molecule has 0 aromatic carbocycles. The van der Waals surface area contributed by atoms with E-state index in [0.717, 1.165) is 12.8 Å². The largest absolute Gasteiger partial charge is 0.373 e. The van der Waals surface area contributed by atoms with Gasteiger partial charge in [-0.25, -0.2) is 9.89 Å². The monoisotopic (exact) mass is 211 g/mol. The van der Waals surface area contributed by atoms with E-state index in [2.05, 4.69) is 15.2 Å². The lowest BCUT2D eigenvalue weighted by Crippen LogP contribution is -2.19. The van der Waals surface area contributed by atoms with Crippen LogP contribution in [-0.4, -0.2) is 22.3 Å². The molecule has 1 heterocycles. The summed E-state index contributed by atoms with van der Waals surface area (Å²) < 4.78 is 5.44. The van der Waals surface area contributed by atoms with Crippen molar-refractivity contribution in [1.82, 2.24) is 15.2 Å². The van der Waals surface area contributed by atoms with E-state index in [1.54, 1.807) is 7.11 Å². The second-order valence-corrected chi connectivity index (χ2v) is 4.12. The van der Waals surface area contributed by atoms with Crippen molar-refractivity contribution >= 4 is 0 Å².